The Bertz CT molecular complexity index is 262. The molecule has 0 aliphatic heterocycles. The van der Waals surface area contributed by atoms with Crippen molar-refractivity contribution in [3.8, 4) is 6.07 Å². The maximum atomic E-state index is 8.43. The minimum Gasteiger partial charge on any atom is -0.326 e. The second-order valence-corrected chi connectivity index (χ2v) is 1.90. The van der Waals surface area contributed by atoms with Crippen LogP contribution in [0.25, 0.3) is 0 Å². The van der Waals surface area contributed by atoms with Gasteiger partial charge >= 0.3 is 0 Å². The number of hydrogen-bond acceptors (Lipinski definition) is 3. The maximum absolute atomic E-state index is 8.43. The summed E-state index contributed by atoms with van der Waals surface area (Å²) in [7, 11) is 0. The van der Waals surface area contributed by atoms with Gasteiger partial charge in [-0.15, -0.1) is 0 Å². The Hall–Kier alpha value is -1.40. The fourth-order valence-electron chi connectivity index (χ4n) is 0.660. The van der Waals surface area contributed by atoms with Gasteiger partial charge in [0.15, 0.2) is 0 Å². The Morgan fingerprint density at radius 3 is 3.00 bits per heavy atom. The summed E-state index contributed by atoms with van der Waals surface area (Å²) in [6.07, 6.45) is 3.17. The van der Waals surface area contributed by atoms with Gasteiger partial charge in [-0.25, -0.2) is 0 Å². The molecule has 0 bridgehead atoms. The van der Waals surface area contributed by atoms with E-state index in [1.54, 1.807) is 12.3 Å². The first-order valence-electron chi connectivity index (χ1n) is 2.91. The van der Waals surface area contributed by atoms with Crippen molar-refractivity contribution >= 4 is 0 Å². The van der Waals surface area contributed by atoms with Crippen LogP contribution >= 0.6 is 0 Å². The molecular weight excluding hydrogens is 126 g/mol. The van der Waals surface area contributed by atoms with Crippen molar-refractivity contribution < 1.29 is 0 Å². The van der Waals surface area contributed by atoms with Crippen molar-refractivity contribution in [3.63, 3.8) is 0 Å². The van der Waals surface area contributed by atoms with E-state index in [1.165, 1.54) is 6.20 Å². The van der Waals surface area contributed by atoms with Crippen molar-refractivity contribution in [1.82, 2.24) is 4.98 Å². The first kappa shape index (κ1) is 6.72. The number of aromatic nitrogens is 1. The molecule has 0 saturated carbocycles. The van der Waals surface area contributed by atoms with E-state index in [0.29, 0.717) is 12.1 Å². The SMILES string of the molecule is N#Cc1cncc(CN)c1. The molecule has 1 heterocycles. The van der Waals surface area contributed by atoms with Crippen molar-refractivity contribution in [1.29, 1.82) is 5.26 Å². The number of pyridine rings is 1. The van der Waals surface area contributed by atoms with E-state index in [4.69, 9.17) is 11.0 Å². The van der Waals surface area contributed by atoms with E-state index in [-0.39, 0.29) is 0 Å². The molecule has 10 heavy (non-hydrogen) atoms. The molecule has 1 aromatic rings. The van der Waals surface area contributed by atoms with Gasteiger partial charge in [0, 0.05) is 18.9 Å². The molecule has 0 atom stereocenters. The monoisotopic (exact) mass is 133 g/mol. The van der Waals surface area contributed by atoms with Crippen molar-refractivity contribution in [2.24, 2.45) is 5.73 Å². The lowest BCUT2D eigenvalue weighted by atomic mass is 10.2. The average Bonchev–Trinajstić information content (AvgIpc) is 2.05. The Kier molecular flexibility index (Phi) is 1.98. The minimum absolute atomic E-state index is 0.433. The highest BCUT2D eigenvalue weighted by molar-refractivity contribution is 5.28. The van der Waals surface area contributed by atoms with Crippen LogP contribution < -0.4 is 5.73 Å². The van der Waals surface area contributed by atoms with E-state index < -0.39 is 0 Å². The third kappa shape index (κ3) is 1.30. The standard InChI is InChI=1S/C7H7N3/c8-2-6-1-7(3-9)5-10-4-6/h1,4-5H,2,8H2. The smallest absolute Gasteiger partial charge is 0.101 e. The average molecular weight is 133 g/mol. The van der Waals surface area contributed by atoms with Gasteiger partial charge < -0.3 is 5.73 Å². The number of hydrogen-bond donors (Lipinski definition) is 1. The Morgan fingerprint density at radius 1 is 1.60 bits per heavy atom. The summed E-state index contributed by atoms with van der Waals surface area (Å²) in [4.78, 5) is 3.82. The van der Waals surface area contributed by atoms with Gasteiger partial charge in [-0.05, 0) is 11.6 Å². The molecule has 1 aromatic heterocycles. The molecule has 0 spiro atoms. The lowest BCUT2D eigenvalue weighted by molar-refractivity contribution is 1.04. The van der Waals surface area contributed by atoms with E-state index in [0.717, 1.165) is 5.56 Å². The normalized spacial score (nSPS) is 8.80. The molecule has 0 aliphatic rings. The number of nitrogens with zero attached hydrogens (tertiary/aromatic N) is 2. The van der Waals surface area contributed by atoms with E-state index in [9.17, 15) is 0 Å². The summed E-state index contributed by atoms with van der Waals surface area (Å²) in [5.74, 6) is 0. The quantitative estimate of drug-likeness (QED) is 0.603. The highest BCUT2D eigenvalue weighted by Gasteiger charge is 1.91. The van der Waals surface area contributed by atoms with Crippen LogP contribution in [0.1, 0.15) is 11.1 Å². The summed E-state index contributed by atoms with van der Waals surface area (Å²) in [6, 6.07) is 3.71. The van der Waals surface area contributed by atoms with Gasteiger partial charge in [-0.3, -0.25) is 4.98 Å². The van der Waals surface area contributed by atoms with Gasteiger partial charge in [0.05, 0.1) is 5.56 Å². The van der Waals surface area contributed by atoms with Crippen molar-refractivity contribution in [2.45, 2.75) is 6.54 Å². The molecule has 2 N–H and O–H groups in total. The van der Waals surface area contributed by atoms with Crippen LogP contribution in [0, 0.1) is 11.3 Å². The maximum Gasteiger partial charge on any atom is 0.101 e. The fraction of sp³-hybridized carbons (Fsp3) is 0.143. The summed E-state index contributed by atoms with van der Waals surface area (Å²) in [5, 5.41) is 8.43. The molecule has 0 amide bonds. The van der Waals surface area contributed by atoms with E-state index in [1.807, 2.05) is 6.07 Å². The van der Waals surface area contributed by atoms with E-state index >= 15 is 0 Å². The Labute approximate surface area is 59.1 Å². The Balaban J connectivity index is 3.01. The van der Waals surface area contributed by atoms with Crippen LogP contribution in [0.4, 0.5) is 0 Å². The number of nitrogens with two attached hydrogens (primary N) is 1. The van der Waals surface area contributed by atoms with Crippen molar-refractivity contribution in [3.05, 3.63) is 29.6 Å². The van der Waals surface area contributed by atoms with E-state index in [2.05, 4.69) is 4.98 Å². The molecule has 1 rings (SSSR count). The molecule has 3 nitrogen and oxygen atoms in total. The van der Waals surface area contributed by atoms with Crippen LogP contribution in [0.15, 0.2) is 18.5 Å². The zero-order valence-corrected chi connectivity index (χ0v) is 5.41. The second kappa shape index (κ2) is 2.95. The first-order chi connectivity index (χ1) is 4.86. The third-order valence-corrected chi connectivity index (χ3v) is 1.16. The zero-order chi connectivity index (χ0) is 7.40. The molecule has 0 fully saturated rings. The van der Waals surface area contributed by atoms with Gasteiger partial charge in [0.2, 0.25) is 0 Å². The lowest BCUT2D eigenvalue weighted by Crippen LogP contribution is -1.96. The van der Waals surface area contributed by atoms with Crippen LogP contribution in [-0.2, 0) is 6.54 Å². The summed E-state index contributed by atoms with van der Waals surface area (Å²) in [6.45, 7) is 0.433. The molecule has 3 heteroatoms. The summed E-state index contributed by atoms with van der Waals surface area (Å²) >= 11 is 0. The lowest BCUT2D eigenvalue weighted by Gasteiger charge is -1.92. The van der Waals surface area contributed by atoms with Gasteiger partial charge in [-0.2, -0.15) is 5.26 Å². The van der Waals surface area contributed by atoms with Gasteiger partial charge in [-0.1, -0.05) is 0 Å². The third-order valence-electron chi connectivity index (χ3n) is 1.16. The largest absolute Gasteiger partial charge is 0.326 e. The molecular formula is C7H7N3. The molecule has 0 unspecified atom stereocenters. The number of nitriles is 1. The van der Waals surface area contributed by atoms with Crippen LogP contribution in [0.3, 0.4) is 0 Å². The highest BCUT2D eigenvalue weighted by atomic mass is 14.6. The molecule has 0 radical (unpaired) electrons. The second-order valence-electron chi connectivity index (χ2n) is 1.90. The minimum atomic E-state index is 0.433. The van der Waals surface area contributed by atoms with Crippen molar-refractivity contribution in [2.75, 3.05) is 0 Å². The number of rotatable bonds is 1. The predicted octanol–water partition coefficient (Wildman–Crippen LogP) is 0.412. The first-order valence-corrected chi connectivity index (χ1v) is 2.91. The summed E-state index contributed by atoms with van der Waals surface area (Å²) in [5.41, 5.74) is 6.77. The van der Waals surface area contributed by atoms with Crippen LogP contribution in [-0.4, -0.2) is 4.98 Å². The summed E-state index contributed by atoms with van der Waals surface area (Å²) < 4.78 is 0. The molecule has 0 aliphatic carbocycles. The Morgan fingerprint density at radius 2 is 2.40 bits per heavy atom. The van der Waals surface area contributed by atoms with Gasteiger partial charge in [0.1, 0.15) is 6.07 Å². The molecule has 50 valence electrons. The van der Waals surface area contributed by atoms with Gasteiger partial charge in [0.25, 0.3) is 0 Å². The van der Waals surface area contributed by atoms with Crippen LogP contribution in [0.2, 0.25) is 0 Å². The highest BCUT2D eigenvalue weighted by Crippen LogP contribution is 1.98. The fourth-order valence-corrected chi connectivity index (χ4v) is 0.660. The molecule has 0 aromatic carbocycles. The zero-order valence-electron chi connectivity index (χ0n) is 5.41. The predicted molar refractivity (Wildman–Crippen MR) is 36.8 cm³/mol. The topological polar surface area (TPSA) is 62.7 Å². The molecule has 0 saturated heterocycles. The van der Waals surface area contributed by atoms with Crippen LogP contribution in [0.5, 0.6) is 0 Å².